The first-order valence-corrected chi connectivity index (χ1v) is 7.64. The van der Waals surface area contributed by atoms with E-state index in [1.807, 2.05) is 39.0 Å². The van der Waals surface area contributed by atoms with Gasteiger partial charge in [0.05, 0.1) is 12.1 Å². The van der Waals surface area contributed by atoms with Gasteiger partial charge in [-0.05, 0) is 57.7 Å². The van der Waals surface area contributed by atoms with Crippen LogP contribution in [0.5, 0.6) is 5.75 Å². The largest absolute Gasteiger partial charge is 0.481 e. The number of amides is 1. The van der Waals surface area contributed by atoms with Gasteiger partial charge in [-0.25, -0.2) is 0 Å². The molecule has 1 amide bonds. The van der Waals surface area contributed by atoms with Crippen LogP contribution in [0.1, 0.15) is 37.8 Å². The molecule has 0 unspecified atom stereocenters. The molecule has 0 aromatic heterocycles. The number of benzene rings is 1. The molecule has 116 valence electrons. The third kappa shape index (κ3) is 3.97. The highest BCUT2D eigenvalue weighted by molar-refractivity contribution is 5.81. The monoisotopic (exact) mass is 291 g/mol. The van der Waals surface area contributed by atoms with Crippen LogP contribution in [-0.2, 0) is 9.53 Å². The highest BCUT2D eigenvalue weighted by Crippen LogP contribution is 2.22. The molecule has 4 heteroatoms. The van der Waals surface area contributed by atoms with Crippen molar-refractivity contribution in [3.63, 3.8) is 0 Å². The van der Waals surface area contributed by atoms with Crippen LogP contribution in [0.15, 0.2) is 18.2 Å². The third-order valence-corrected chi connectivity index (χ3v) is 4.12. The van der Waals surface area contributed by atoms with E-state index < -0.39 is 6.10 Å². The Kier molecular flexibility index (Phi) is 5.23. The fourth-order valence-electron chi connectivity index (χ4n) is 2.53. The maximum atomic E-state index is 12.2. The third-order valence-electron chi connectivity index (χ3n) is 4.12. The van der Waals surface area contributed by atoms with Crippen LogP contribution in [0.25, 0.3) is 0 Å². The molecule has 1 saturated heterocycles. The molecule has 0 saturated carbocycles. The molecule has 0 spiro atoms. The second-order valence-electron chi connectivity index (χ2n) is 5.81. The van der Waals surface area contributed by atoms with Crippen LogP contribution in [0, 0.1) is 13.8 Å². The van der Waals surface area contributed by atoms with E-state index in [4.69, 9.17) is 9.47 Å². The normalized spacial score (nSPS) is 20.9. The van der Waals surface area contributed by atoms with Gasteiger partial charge in [0, 0.05) is 6.61 Å². The summed E-state index contributed by atoms with van der Waals surface area (Å²) in [6.45, 7) is 8.59. The predicted molar refractivity (Wildman–Crippen MR) is 82.6 cm³/mol. The number of carbonyl (C=O) groups excluding carboxylic acids is 1. The van der Waals surface area contributed by atoms with E-state index in [0.717, 1.165) is 36.3 Å². The van der Waals surface area contributed by atoms with Gasteiger partial charge in [-0.15, -0.1) is 0 Å². The summed E-state index contributed by atoms with van der Waals surface area (Å²) in [6, 6.07) is 5.89. The van der Waals surface area contributed by atoms with E-state index >= 15 is 0 Å². The van der Waals surface area contributed by atoms with Crippen LogP contribution >= 0.6 is 0 Å². The van der Waals surface area contributed by atoms with Gasteiger partial charge >= 0.3 is 0 Å². The summed E-state index contributed by atoms with van der Waals surface area (Å²) < 4.78 is 11.4. The van der Waals surface area contributed by atoms with Gasteiger partial charge in [-0.2, -0.15) is 0 Å². The summed E-state index contributed by atoms with van der Waals surface area (Å²) in [5.41, 5.74) is 2.23. The Morgan fingerprint density at radius 1 is 1.38 bits per heavy atom. The van der Waals surface area contributed by atoms with Gasteiger partial charge in [0.15, 0.2) is 6.10 Å². The van der Waals surface area contributed by atoms with Crippen molar-refractivity contribution >= 4 is 5.91 Å². The molecule has 0 radical (unpaired) electrons. The SMILES string of the molecule is Cc1cccc(O[C@H](C)C(=O)N[C@@H](C)[C@H]2CCCO2)c1C. The van der Waals surface area contributed by atoms with Crippen molar-refractivity contribution in [3.8, 4) is 5.75 Å². The van der Waals surface area contributed by atoms with Crippen LogP contribution < -0.4 is 10.1 Å². The fourth-order valence-corrected chi connectivity index (χ4v) is 2.53. The summed E-state index contributed by atoms with van der Waals surface area (Å²) >= 11 is 0. The van der Waals surface area contributed by atoms with Crippen molar-refractivity contribution in [2.75, 3.05) is 6.61 Å². The second-order valence-corrected chi connectivity index (χ2v) is 5.81. The Balaban J connectivity index is 1.91. The molecule has 1 aromatic carbocycles. The topological polar surface area (TPSA) is 47.6 Å². The molecule has 1 fully saturated rings. The first-order chi connectivity index (χ1) is 9.99. The Morgan fingerprint density at radius 2 is 2.14 bits per heavy atom. The van der Waals surface area contributed by atoms with Crippen molar-refractivity contribution in [2.24, 2.45) is 0 Å². The molecule has 1 aliphatic rings. The minimum Gasteiger partial charge on any atom is -0.481 e. The van der Waals surface area contributed by atoms with E-state index in [1.54, 1.807) is 6.92 Å². The molecule has 0 aliphatic carbocycles. The maximum Gasteiger partial charge on any atom is 0.261 e. The summed E-state index contributed by atoms with van der Waals surface area (Å²) in [5, 5.41) is 2.99. The summed E-state index contributed by atoms with van der Waals surface area (Å²) in [7, 11) is 0. The van der Waals surface area contributed by atoms with Crippen LogP contribution in [0.2, 0.25) is 0 Å². The van der Waals surface area contributed by atoms with Crippen LogP contribution in [0.3, 0.4) is 0 Å². The zero-order chi connectivity index (χ0) is 15.4. The molecular weight excluding hydrogens is 266 g/mol. The van der Waals surface area contributed by atoms with E-state index in [-0.39, 0.29) is 18.1 Å². The molecule has 1 aromatic rings. The minimum atomic E-state index is -0.519. The number of hydrogen-bond acceptors (Lipinski definition) is 3. The zero-order valence-electron chi connectivity index (χ0n) is 13.3. The van der Waals surface area contributed by atoms with E-state index in [1.165, 1.54) is 0 Å². The van der Waals surface area contributed by atoms with Crippen molar-refractivity contribution in [1.29, 1.82) is 0 Å². The van der Waals surface area contributed by atoms with Gasteiger partial charge in [0.25, 0.3) is 5.91 Å². The molecule has 2 rings (SSSR count). The molecule has 1 heterocycles. The lowest BCUT2D eigenvalue weighted by atomic mass is 10.1. The smallest absolute Gasteiger partial charge is 0.261 e. The van der Waals surface area contributed by atoms with Crippen molar-refractivity contribution in [2.45, 2.75) is 58.8 Å². The fraction of sp³-hybridized carbons (Fsp3) is 0.588. The Labute approximate surface area is 126 Å². The number of nitrogens with one attached hydrogen (secondary N) is 1. The van der Waals surface area contributed by atoms with Gasteiger partial charge in [-0.1, -0.05) is 12.1 Å². The van der Waals surface area contributed by atoms with Crippen molar-refractivity contribution in [1.82, 2.24) is 5.32 Å². The van der Waals surface area contributed by atoms with E-state index in [9.17, 15) is 4.79 Å². The Morgan fingerprint density at radius 3 is 2.81 bits per heavy atom. The van der Waals surface area contributed by atoms with Gasteiger partial charge < -0.3 is 14.8 Å². The predicted octanol–water partition coefficient (Wildman–Crippen LogP) is 2.75. The van der Waals surface area contributed by atoms with Gasteiger partial charge in [0.1, 0.15) is 5.75 Å². The molecule has 21 heavy (non-hydrogen) atoms. The van der Waals surface area contributed by atoms with E-state index in [0.29, 0.717) is 0 Å². The lowest BCUT2D eigenvalue weighted by Crippen LogP contribution is -2.46. The van der Waals surface area contributed by atoms with Crippen molar-refractivity contribution < 1.29 is 14.3 Å². The summed E-state index contributed by atoms with van der Waals surface area (Å²) in [6.07, 6.45) is 1.68. The lowest BCUT2D eigenvalue weighted by molar-refractivity contribution is -0.128. The highest BCUT2D eigenvalue weighted by atomic mass is 16.5. The number of hydrogen-bond donors (Lipinski definition) is 1. The average molecular weight is 291 g/mol. The highest BCUT2D eigenvalue weighted by Gasteiger charge is 2.26. The standard InChI is InChI=1S/C17H25NO3/c1-11-7-5-8-15(12(11)2)21-14(4)17(19)18-13(3)16-9-6-10-20-16/h5,7-8,13-14,16H,6,9-10H2,1-4H3,(H,18,19)/t13-,14+,16+/m0/s1. The molecule has 1 aliphatic heterocycles. The molecular formula is C17H25NO3. The van der Waals surface area contributed by atoms with E-state index in [2.05, 4.69) is 5.32 Å². The first-order valence-electron chi connectivity index (χ1n) is 7.64. The average Bonchev–Trinajstić information content (AvgIpc) is 2.98. The zero-order valence-corrected chi connectivity index (χ0v) is 13.3. The Bertz CT molecular complexity index is 495. The maximum absolute atomic E-state index is 12.2. The summed E-state index contributed by atoms with van der Waals surface area (Å²) in [4.78, 5) is 12.2. The second kappa shape index (κ2) is 6.94. The van der Waals surface area contributed by atoms with Gasteiger partial charge in [0.2, 0.25) is 0 Å². The molecule has 0 bridgehead atoms. The number of carbonyl (C=O) groups is 1. The molecule has 4 nitrogen and oxygen atoms in total. The quantitative estimate of drug-likeness (QED) is 0.907. The molecule has 3 atom stereocenters. The minimum absolute atomic E-state index is 0.0182. The number of rotatable bonds is 5. The number of ether oxygens (including phenoxy) is 2. The van der Waals surface area contributed by atoms with Gasteiger partial charge in [-0.3, -0.25) is 4.79 Å². The Hall–Kier alpha value is -1.55. The number of aryl methyl sites for hydroxylation is 1. The lowest BCUT2D eigenvalue weighted by Gasteiger charge is -2.23. The summed E-state index contributed by atoms with van der Waals surface area (Å²) in [5.74, 6) is 0.668. The molecule has 1 N–H and O–H groups in total. The van der Waals surface area contributed by atoms with Crippen LogP contribution in [0.4, 0.5) is 0 Å². The van der Waals surface area contributed by atoms with Crippen LogP contribution in [-0.4, -0.2) is 30.8 Å². The first kappa shape index (κ1) is 15.8. The van der Waals surface area contributed by atoms with Crippen molar-refractivity contribution in [3.05, 3.63) is 29.3 Å².